The molecule has 0 aliphatic rings. The number of nitrogen functional groups attached to an aromatic ring is 1. The number of carbonyl (C=O) groups is 1. The molecule has 0 spiro atoms. The van der Waals surface area contributed by atoms with Crippen molar-refractivity contribution in [2.24, 2.45) is 0 Å². The van der Waals surface area contributed by atoms with Crippen molar-refractivity contribution < 1.29 is 14.6 Å². The molecule has 0 radical (unpaired) electrons. The second kappa shape index (κ2) is 6.47. The Balaban J connectivity index is 0.00000121. The zero-order valence-corrected chi connectivity index (χ0v) is 11.2. The van der Waals surface area contributed by atoms with Gasteiger partial charge in [-0.1, -0.05) is 11.6 Å². The summed E-state index contributed by atoms with van der Waals surface area (Å²) in [6.45, 7) is 5.39. The zero-order chi connectivity index (χ0) is 13.6. The maximum absolute atomic E-state index is 11.7. The summed E-state index contributed by atoms with van der Waals surface area (Å²) in [5, 5.41) is 7.46. The Kier molecular flexibility index (Phi) is 5.99. The van der Waals surface area contributed by atoms with Gasteiger partial charge in [0.1, 0.15) is 5.60 Å². The number of hydrogen-bond donors (Lipinski definition) is 2. The van der Waals surface area contributed by atoms with E-state index in [4.69, 9.17) is 27.2 Å². The number of aliphatic hydroxyl groups excluding tert-OH is 1. The second-order valence-electron chi connectivity index (χ2n) is 4.23. The fourth-order valence-corrected chi connectivity index (χ4v) is 1.21. The van der Waals surface area contributed by atoms with Crippen LogP contribution in [0.25, 0.3) is 0 Å². The van der Waals surface area contributed by atoms with Crippen LogP contribution in [0.3, 0.4) is 0 Å². The topological polar surface area (TPSA) is 72.5 Å². The normalized spacial score (nSPS) is 10.2. The molecule has 0 atom stereocenters. The van der Waals surface area contributed by atoms with Crippen molar-refractivity contribution in [3.8, 4) is 0 Å². The molecule has 96 valence electrons. The maximum Gasteiger partial charge on any atom is 0.340 e. The molecule has 0 aliphatic heterocycles. The summed E-state index contributed by atoms with van der Waals surface area (Å²) in [4.78, 5) is 11.7. The number of benzene rings is 1. The Bertz CT molecular complexity index is 386. The summed E-state index contributed by atoms with van der Waals surface area (Å²) < 4.78 is 5.18. The van der Waals surface area contributed by atoms with Gasteiger partial charge in [-0.25, -0.2) is 4.79 Å². The minimum absolute atomic E-state index is 0.303. The van der Waals surface area contributed by atoms with E-state index in [2.05, 4.69) is 0 Å². The van der Waals surface area contributed by atoms with Crippen LogP contribution in [0.5, 0.6) is 0 Å². The fraction of sp³-hybridized carbons (Fsp3) is 0.417. The van der Waals surface area contributed by atoms with E-state index >= 15 is 0 Å². The van der Waals surface area contributed by atoms with Crippen molar-refractivity contribution in [1.29, 1.82) is 0 Å². The average molecular weight is 260 g/mol. The molecule has 0 saturated heterocycles. The first-order valence-electron chi connectivity index (χ1n) is 5.03. The lowest BCUT2D eigenvalue weighted by Gasteiger charge is -2.20. The van der Waals surface area contributed by atoms with E-state index in [1.54, 1.807) is 32.9 Å². The standard InChI is InChI=1S/C11H14ClNO2.CH4O/c1-11(2,3)15-10(14)8-6-7(12)4-5-9(8)13;1-2/h4-6H,13H2,1-3H3;2H,1H3. The van der Waals surface area contributed by atoms with E-state index < -0.39 is 11.6 Å². The molecule has 1 rings (SSSR count). The van der Waals surface area contributed by atoms with Gasteiger partial charge in [-0.2, -0.15) is 0 Å². The van der Waals surface area contributed by atoms with Crippen LogP contribution in [-0.4, -0.2) is 23.8 Å². The first-order valence-corrected chi connectivity index (χ1v) is 5.40. The number of anilines is 1. The SMILES string of the molecule is CC(C)(C)OC(=O)c1cc(Cl)ccc1N.CO. The zero-order valence-electron chi connectivity index (χ0n) is 10.5. The highest BCUT2D eigenvalue weighted by atomic mass is 35.5. The van der Waals surface area contributed by atoms with Gasteiger partial charge in [0.05, 0.1) is 5.56 Å². The predicted octanol–water partition coefficient (Wildman–Crippen LogP) is 2.49. The van der Waals surface area contributed by atoms with Crippen LogP contribution >= 0.6 is 11.6 Å². The molecule has 0 fully saturated rings. The molecule has 4 nitrogen and oxygen atoms in total. The monoisotopic (exact) mass is 259 g/mol. The van der Waals surface area contributed by atoms with Crippen molar-refractivity contribution in [3.63, 3.8) is 0 Å². The predicted molar refractivity (Wildman–Crippen MR) is 69.2 cm³/mol. The largest absolute Gasteiger partial charge is 0.456 e. The van der Waals surface area contributed by atoms with Gasteiger partial charge in [-0.3, -0.25) is 0 Å². The fourth-order valence-electron chi connectivity index (χ4n) is 1.04. The summed E-state index contributed by atoms with van der Waals surface area (Å²) >= 11 is 5.77. The van der Waals surface area contributed by atoms with Gasteiger partial charge in [0, 0.05) is 17.8 Å². The van der Waals surface area contributed by atoms with Gasteiger partial charge < -0.3 is 15.6 Å². The smallest absolute Gasteiger partial charge is 0.340 e. The Morgan fingerprint density at radius 2 is 1.88 bits per heavy atom. The van der Waals surface area contributed by atoms with Gasteiger partial charge in [0.2, 0.25) is 0 Å². The van der Waals surface area contributed by atoms with Crippen molar-refractivity contribution in [2.75, 3.05) is 12.8 Å². The number of carbonyl (C=O) groups excluding carboxylic acids is 1. The van der Waals surface area contributed by atoms with Crippen LogP contribution in [0.1, 0.15) is 31.1 Å². The van der Waals surface area contributed by atoms with Crippen LogP contribution in [0.2, 0.25) is 5.02 Å². The molecule has 0 heterocycles. The highest BCUT2D eigenvalue weighted by molar-refractivity contribution is 6.31. The molecule has 17 heavy (non-hydrogen) atoms. The third-order valence-corrected chi connectivity index (χ3v) is 1.87. The highest BCUT2D eigenvalue weighted by Crippen LogP contribution is 2.21. The Labute approximate surface area is 106 Å². The number of aliphatic hydroxyl groups is 1. The lowest BCUT2D eigenvalue weighted by molar-refractivity contribution is 0.00708. The summed E-state index contributed by atoms with van der Waals surface area (Å²) in [5.41, 5.74) is 5.79. The van der Waals surface area contributed by atoms with Crippen LogP contribution in [0.15, 0.2) is 18.2 Å². The minimum Gasteiger partial charge on any atom is -0.456 e. The first-order chi connectivity index (χ1) is 7.79. The van der Waals surface area contributed by atoms with Crippen molar-refractivity contribution in [1.82, 2.24) is 0 Å². The third-order valence-electron chi connectivity index (χ3n) is 1.63. The molecule has 1 aromatic rings. The van der Waals surface area contributed by atoms with Gasteiger partial charge in [-0.15, -0.1) is 0 Å². The molecule has 0 bridgehead atoms. The van der Waals surface area contributed by atoms with Crippen molar-refractivity contribution in [3.05, 3.63) is 28.8 Å². The minimum atomic E-state index is -0.536. The number of ether oxygens (including phenoxy) is 1. The molecule has 0 aliphatic carbocycles. The summed E-state index contributed by atoms with van der Waals surface area (Å²) in [6, 6.07) is 4.72. The van der Waals surface area contributed by atoms with E-state index in [0.717, 1.165) is 7.11 Å². The number of nitrogens with two attached hydrogens (primary N) is 1. The number of rotatable bonds is 1. The Morgan fingerprint density at radius 3 is 2.35 bits per heavy atom. The van der Waals surface area contributed by atoms with Gasteiger partial charge >= 0.3 is 5.97 Å². The molecule has 0 amide bonds. The number of halogens is 1. The van der Waals surface area contributed by atoms with Gasteiger partial charge in [0.25, 0.3) is 0 Å². The molecular weight excluding hydrogens is 242 g/mol. The van der Waals surface area contributed by atoms with Crippen molar-refractivity contribution in [2.45, 2.75) is 26.4 Å². The van der Waals surface area contributed by atoms with E-state index in [-0.39, 0.29) is 0 Å². The number of esters is 1. The lowest BCUT2D eigenvalue weighted by Crippen LogP contribution is -2.24. The average Bonchev–Trinajstić information content (AvgIpc) is 2.22. The van der Waals surface area contributed by atoms with Crippen LogP contribution < -0.4 is 5.73 Å². The van der Waals surface area contributed by atoms with Crippen LogP contribution in [-0.2, 0) is 4.74 Å². The van der Waals surface area contributed by atoms with E-state index in [1.165, 1.54) is 6.07 Å². The lowest BCUT2D eigenvalue weighted by atomic mass is 10.1. The molecular formula is C12H18ClNO3. The molecule has 5 heteroatoms. The molecule has 0 saturated carbocycles. The first kappa shape index (κ1) is 15.7. The Morgan fingerprint density at radius 1 is 1.35 bits per heavy atom. The van der Waals surface area contributed by atoms with Gasteiger partial charge in [0.15, 0.2) is 0 Å². The van der Waals surface area contributed by atoms with Gasteiger partial charge in [-0.05, 0) is 39.0 Å². The molecule has 1 aromatic carbocycles. The van der Waals surface area contributed by atoms with E-state index in [0.29, 0.717) is 16.3 Å². The number of hydrogen-bond acceptors (Lipinski definition) is 4. The Hall–Kier alpha value is -1.26. The molecule has 0 aromatic heterocycles. The van der Waals surface area contributed by atoms with E-state index in [1.807, 2.05) is 0 Å². The molecule has 3 N–H and O–H groups in total. The maximum atomic E-state index is 11.7. The second-order valence-corrected chi connectivity index (χ2v) is 4.67. The summed E-state index contributed by atoms with van der Waals surface area (Å²) in [7, 11) is 1.00. The summed E-state index contributed by atoms with van der Waals surface area (Å²) in [6.07, 6.45) is 0. The van der Waals surface area contributed by atoms with Crippen LogP contribution in [0, 0.1) is 0 Å². The molecule has 0 unspecified atom stereocenters. The highest BCUT2D eigenvalue weighted by Gasteiger charge is 2.19. The summed E-state index contributed by atoms with van der Waals surface area (Å²) in [5.74, 6) is -0.456. The quantitative estimate of drug-likeness (QED) is 0.600. The van der Waals surface area contributed by atoms with E-state index in [9.17, 15) is 4.79 Å². The van der Waals surface area contributed by atoms with Crippen LogP contribution in [0.4, 0.5) is 5.69 Å². The third kappa shape index (κ3) is 5.56. The van der Waals surface area contributed by atoms with Crippen molar-refractivity contribution >= 4 is 23.3 Å².